The number of carbonyl (C=O) groups excluding carboxylic acids is 3. The first-order valence-corrected chi connectivity index (χ1v) is 15.9. The second kappa shape index (κ2) is 13.9. The van der Waals surface area contributed by atoms with E-state index in [1.807, 2.05) is 31.1 Å². The van der Waals surface area contributed by atoms with Gasteiger partial charge in [-0.3, -0.25) is 24.1 Å². The van der Waals surface area contributed by atoms with Gasteiger partial charge in [0.15, 0.2) is 5.13 Å². The van der Waals surface area contributed by atoms with Crippen LogP contribution >= 0.6 is 11.3 Å². The summed E-state index contributed by atoms with van der Waals surface area (Å²) in [5, 5.41) is 16.9. The van der Waals surface area contributed by atoms with Crippen LogP contribution in [0, 0.1) is 5.92 Å². The monoisotopic (exact) mass is 638 g/mol. The zero-order valence-corrected chi connectivity index (χ0v) is 27.5. The van der Waals surface area contributed by atoms with Gasteiger partial charge in [0.05, 0.1) is 17.9 Å². The van der Waals surface area contributed by atoms with E-state index >= 15 is 0 Å². The number of aliphatic hydroxyl groups excluding tert-OH is 1. The van der Waals surface area contributed by atoms with E-state index in [0.717, 1.165) is 5.69 Å². The molecule has 0 radical (unpaired) electrons. The molecule has 3 N–H and O–H groups in total. The molecule has 0 aliphatic carbocycles. The summed E-state index contributed by atoms with van der Waals surface area (Å²) in [6, 6.07) is 3.09. The number of fused-ring (bicyclic) bond motifs is 1. The summed E-state index contributed by atoms with van der Waals surface area (Å²) in [5.74, 6) is -0.548. The maximum Gasteiger partial charge on any atom is 0.331 e. The molecule has 1 aliphatic rings. The SMILES string of the molecule is CC(C)(C)OC(=O)/C=C/c1c(N2CCC(CC(=O)NCCO)CC2)nc2cc(C(=O)Nc3nc(C(C)(C)C)cs3)ccn2c1=O. The van der Waals surface area contributed by atoms with Crippen molar-refractivity contribution in [2.24, 2.45) is 5.92 Å². The molecular formula is C32H42N6O6S. The van der Waals surface area contributed by atoms with Crippen LogP contribution in [0.5, 0.6) is 0 Å². The number of esters is 1. The van der Waals surface area contributed by atoms with Crippen molar-refractivity contribution in [3.8, 4) is 0 Å². The lowest BCUT2D eigenvalue weighted by Gasteiger charge is -2.33. The molecule has 3 aromatic heterocycles. The topological polar surface area (TPSA) is 155 Å². The van der Waals surface area contributed by atoms with Crippen LogP contribution in [-0.2, 0) is 19.7 Å². The molecule has 1 saturated heterocycles. The van der Waals surface area contributed by atoms with Gasteiger partial charge in [-0.2, -0.15) is 0 Å². The van der Waals surface area contributed by atoms with Crippen molar-refractivity contribution >= 4 is 51.8 Å². The Labute approximate surface area is 266 Å². The highest BCUT2D eigenvalue weighted by Crippen LogP contribution is 2.28. The average Bonchev–Trinajstić information content (AvgIpc) is 3.44. The third kappa shape index (κ3) is 8.98. The highest BCUT2D eigenvalue weighted by molar-refractivity contribution is 7.14. The Morgan fingerprint density at radius 1 is 1.13 bits per heavy atom. The van der Waals surface area contributed by atoms with Gasteiger partial charge < -0.3 is 20.1 Å². The highest BCUT2D eigenvalue weighted by atomic mass is 32.1. The molecule has 13 heteroatoms. The lowest BCUT2D eigenvalue weighted by molar-refractivity contribution is -0.148. The van der Waals surface area contributed by atoms with Crippen LogP contribution in [0.25, 0.3) is 11.7 Å². The van der Waals surface area contributed by atoms with E-state index in [2.05, 4.69) is 15.6 Å². The third-order valence-electron chi connectivity index (χ3n) is 7.22. The number of hydrogen-bond donors (Lipinski definition) is 3. The normalized spacial score (nSPS) is 14.6. The maximum atomic E-state index is 13.8. The smallest absolute Gasteiger partial charge is 0.331 e. The molecule has 242 valence electrons. The van der Waals surface area contributed by atoms with Crippen LogP contribution in [0.4, 0.5) is 10.9 Å². The van der Waals surface area contributed by atoms with Crippen LogP contribution < -0.4 is 21.1 Å². The summed E-state index contributed by atoms with van der Waals surface area (Å²) in [6.45, 7) is 12.6. The van der Waals surface area contributed by atoms with Crippen molar-refractivity contribution < 1.29 is 24.2 Å². The van der Waals surface area contributed by atoms with E-state index in [0.29, 0.717) is 48.9 Å². The molecule has 0 atom stereocenters. The summed E-state index contributed by atoms with van der Waals surface area (Å²) in [7, 11) is 0. The van der Waals surface area contributed by atoms with Gasteiger partial charge in [-0.05, 0) is 57.7 Å². The van der Waals surface area contributed by atoms with Gasteiger partial charge in [-0.1, -0.05) is 20.8 Å². The Hall–Kier alpha value is -4.10. The standard InChI is InChI=1S/C32H42N6O6S/c1-31(2,3)23-19-45-30(34-23)36-28(42)21-11-15-38-24(18-21)35-27(22(29(38)43)7-8-26(41)44-32(4,5)6)37-13-9-20(10-14-37)17-25(40)33-12-16-39/h7-8,11,15,18-20,39H,9-10,12-14,16-17H2,1-6H3,(H,33,40)(H,34,36,42)/b8-7+. The summed E-state index contributed by atoms with van der Waals surface area (Å²) in [4.78, 5) is 62.9. The summed E-state index contributed by atoms with van der Waals surface area (Å²) in [6.07, 6.45) is 5.87. The number of aliphatic hydroxyl groups is 1. The van der Waals surface area contributed by atoms with E-state index in [4.69, 9.17) is 14.8 Å². The van der Waals surface area contributed by atoms with Gasteiger partial charge in [0, 0.05) is 54.7 Å². The molecule has 4 rings (SSSR count). The predicted octanol–water partition coefficient (Wildman–Crippen LogP) is 3.77. The number of carbonyl (C=O) groups is 3. The summed E-state index contributed by atoms with van der Waals surface area (Å²) >= 11 is 1.34. The molecule has 0 spiro atoms. The van der Waals surface area contributed by atoms with Gasteiger partial charge in [0.1, 0.15) is 17.1 Å². The van der Waals surface area contributed by atoms with Gasteiger partial charge in [-0.15, -0.1) is 11.3 Å². The van der Waals surface area contributed by atoms with Gasteiger partial charge in [0.2, 0.25) is 5.91 Å². The van der Waals surface area contributed by atoms with Crippen LogP contribution in [0.15, 0.2) is 34.6 Å². The fourth-order valence-corrected chi connectivity index (χ4v) is 5.81. The van der Waals surface area contributed by atoms with Crippen molar-refractivity contribution in [3.63, 3.8) is 0 Å². The lowest BCUT2D eigenvalue weighted by Crippen LogP contribution is -2.38. The number of pyridine rings is 1. The summed E-state index contributed by atoms with van der Waals surface area (Å²) in [5.41, 5.74) is 0.424. The van der Waals surface area contributed by atoms with E-state index in [1.165, 1.54) is 40.2 Å². The van der Waals surface area contributed by atoms with Crippen molar-refractivity contribution in [3.05, 3.63) is 57.0 Å². The molecular weight excluding hydrogens is 596 g/mol. The molecule has 45 heavy (non-hydrogen) atoms. The Bertz CT molecular complexity index is 1640. The number of piperidine rings is 1. The van der Waals surface area contributed by atoms with Crippen molar-refractivity contribution in [1.29, 1.82) is 0 Å². The van der Waals surface area contributed by atoms with E-state index in [1.54, 1.807) is 26.8 Å². The largest absolute Gasteiger partial charge is 0.457 e. The van der Waals surface area contributed by atoms with Crippen molar-refractivity contribution in [2.75, 3.05) is 36.5 Å². The fraction of sp³-hybridized carbons (Fsp3) is 0.500. The van der Waals surface area contributed by atoms with Crippen LogP contribution in [0.1, 0.15) is 82.4 Å². The molecule has 0 saturated carbocycles. The third-order valence-corrected chi connectivity index (χ3v) is 7.97. The number of aromatic nitrogens is 3. The second-order valence-electron chi connectivity index (χ2n) is 13.1. The number of thiazole rings is 1. The Kier molecular flexibility index (Phi) is 10.4. The first kappa shape index (κ1) is 33.8. The van der Waals surface area contributed by atoms with Crippen LogP contribution in [0.2, 0.25) is 0 Å². The molecule has 0 aromatic carbocycles. The minimum absolute atomic E-state index is 0.108. The zero-order chi connectivity index (χ0) is 32.9. The quantitative estimate of drug-likeness (QED) is 0.235. The van der Waals surface area contributed by atoms with Gasteiger partial charge in [-0.25, -0.2) is 14.8 Å². The Morgan fingerprint density at radius 3 is 2.47 bits per heavy atom. The highest BCUT2D eigenvalue weighted by Gasteiger charge is 2.26. The number of nitrogens with zero attached hydrogens (tertiary/aromatic N) is 4. The number of nitrogens with one attached hydrogen (secondary N) is 2. The average molecular weight is 639 g/mol. The molecule has 3 aromatic rings. The number of anilines is 2. The van der Waals surface area contributed by atoms with Crippen LogP contribution in [-0.4, -0.2) is 69.1 Å². The zero-order valence-electron chi connectivity index (χ0n) is 26.7. The molecule has 12 nitrogen and oxygen atoms in total. The minimum atomic E-state index is -0.698. The predicted molar refractivity (Wildman–Crippen MR) is 175 cm³/mol. The van der Waals surface area contributed by atoms with Crippen molar-refractivity contribution in [2.45, 2.75) is 71.8 Å². The Morgan fingerprint density at radius 2 is 1.84 bits per heavy atom. The molecule has 4 heterocycles. The first-order valence-electron chi connectivity index (χ1n) is 15.0. The van der Waals surface area contributed by atoms with Gasteiger partial charge >= 0.3 is 5.97 Å². The molecule has 1 fully saturated rings. The fourth-order valence-electron chi connectivity index (χ4n) is 4.88. The van der Waals surface area contributed by atoms with E-state index < -0.39 is 17.1 Å². The first-order chi connectivity index (χ1) is 21.1. The maximum absolute atomic E-state index is 13.8. The lowest BCUT2D eigenvalue weighted by atomic mass is 9.93. The molecule has 2 amide bonds. The van der Waals surface area contributed by atoms with Crippen LogP contribution in [0.3, 0.4) is 0 Å². The molecule has 1 aliphatic heterocycles. The summed E-state index contributed by atoms with van der Waals surface area (Å²) < 4.78 is 6.73. The second-order valence-corrected chi connectivity index (χ2v) is 14.0. The number of hydrogen-bond acceptors (Lipinski definition) is 10. The molecule has 0 bridgehead atoms. The Balaban J connectivity index is 1.64. The van der Waals surface area contributed by atoms with E-state index in [-0.39, 0.29) is 47.5 Å². The molecule has 0 unspecified atom stereocenters. The van der Waals surface area contributed by atoms with Gasteiger partial charge in [0.25, 0.3) is 11.5 Å². The van der Waals surface area contributed by atoms with Crippen molar-refractivity contribution in [1.82, 2.24) is 19.7 Å². The van der Waals surface area contributed by atoms with E-state index in [9.17, 15) is 19.2 Å². The number of amides is 2. The number of rotatable bonds is 9. The number of ether oxygens (including phenoxy) is 1. The minimum Gasteiger partial charge on any atom is -0.457 e.